The predicted molar refractivity (Wildman–Crippen MR) is 65.1 cm³/mol. The number of hydrogen-bond acceptors (Lipinski definition) is 2. The van der Waals surface area contributed by atoms with E-state index in [1.807, 2.05) is 0 Å². The van der Waals surface area contributed by atoms with Crippen LogP contribution >= 0.6 is 0 Å². The van der Waals surface area contributed by atoms with Gasteiger partial charge in [0.05, 0.1) is 0 Å². The third kappa shape index (κ3) is 2.21. The van der Waals surface area contributed by atoms with Crippen LogP contribution in [0.2, 0.25) is 0 Å². The first-order valence-electron chi connectivity index (χ1n) is 6.61. The molecule has 1 unspecified atom stereocenters. The van der Waals surface area contributed by atoms with E-state index in [1.165, 1.54) is 45.3 Å². The first kappa shape index (κ1) is 11.4. The topological polar surface area (TPSA) is 15.3 Å². The Bertz CT molecular complexity index is 209. The molecule has 0 amide bonds. The Morgan fingerprint density at radius 3 is 2.47 bits per heavy atom. The average molecular weight is 210 g/mol. The van der Waals surface area contributed by atoms with Crippen LogP contribution in [0.5, 0.6) is 0 Å². The second-order valence-electron chi connectivity index (χ2n) is 5.89. The highest BCUT2D eigenvalue weighted by Crippen LogP contribution is 2.39. The smallest absolute Gasteiger partial charge is 0.0348 e. The molecule has 1 N–H and O–H groups in total. The lowest BCUT2D eigenvalue weighted by Crippen LogP contribution is -2.62. The van der Waals surface area contributed by atoms with Crippen LogP contribution in [-0.2, 0) is 0 Å². The maximum Gasteiger partial charge on any atom is 0.0348 e. The lowest BCUT2D eigenvalue weighted by molar-refractivity contribution is 0.00582. The van der Waals surface area contributed by atoms with Crippen molar-refractivity contribution in [1.29, 1.82) is 0 Å². The van der Waals surface area contributed by atoms with E-state index in [4.69, 9.17) is 0 Å². The summed E-state index contributed by atoms with van der Waals surface area (Å²) < 4.78 is 0. The van der Waals surface area contributed by atoms with Gasteiger partial charge in [0.1, 0.15) is 0 Å². The molecule has 2 aliphatic rings. The van der Waals surface area contributed by atoms with E-state index in [2.05, 4.69) is 31.0 Å². The summed E-state index contributed by atoms with van der Waals surface area (Å²) in [7, 11) is 0. The van der Waals surface area contributed by atoms with Gasteiger partial charge in [0.2, 0.25) is 0 Å². The van der Waals surface area contributed by atoms with Crippen molar-refractivity contribution in [3.8, 4) is 0 Å². The third-order valence-corrected chi connectivity index (χ3v) is 4.45. The van der Waals surface area contributed by atoms with E-state index in [0.29, 0.717) is 5.41 Å². The van der Waals surface area contributed by atoms with Gasteiger partial charge in [-0.2, -0.15) is 0 Å². The summed E-state index contributed by atoms with van der Waals surface area (Å²) in [6, 6.07) is 1.64. The van der Waals surface area contributed by atoms with Crippen molar-refractivity contribution in [2.45, 2.75) is 58.5 Å². The molecule has 2 rings (SSSR count). The lowest BCUT2D eigenvalue weighted by Gasteiger charge is -2.50. The summed E-state index contributed by atoms with van der Waals surface area (Å²) in [5, 5.41) is 3.40. The van der Waals surface area contributed by atoms with E-state index in [-0.39, 0.29) is 0 Å². The van der Waals surface area contributed by atoms with Crippen molar-refractivity contribution in [2.24, 2.45) is 5.41 Å². The Morgan fingerprint density at radius 1 is 1.27 bits per heavy atom. The van der Waals surface area contributed by atoms with Gasteiger partial charge in [-0.1, -0.05) is 33.6 Å². The van der Waals surface area contributed by atoms with Crippen molar-refractivity contribution in [3.05, 3.63) is 0 Å². The third-order valence-electron chi connectivity index (χ3n) is 4.45. The van der Waals surface area contributed by atoms with Crippen molar-refractivity contribution in [2.75, 3.05) is 19.6 Å². The molecule has 0 bridgehead atoms. The molecule has 1 saturated heterocycles. The lowest BCUT2D eigenvalue weighted by atomic mass is 9.72. The Morgan fingerprint density at radius 2 is 2.00 bits per heavy atom. The molecule has 2 heteroatoms. The summed E-state index contributed by atoms with van der Waals surface area (Å²) in [6.07, 6.45) is 5.69. The number of rotatable bonds is 3. The van der Waals surface area contributed by atoms with Gasteiger partial charge in [0.15, 0.2) is 0 Å². The maximum absolute atomic E-state index is 3.40. The minimum absolute atomic E-state index is 0.532. The maximum atomic E-state index is 3.40. The van der Waals surface area contributed by atoms with Crippen molar-refractivity contribution in [3.63, 3.8) is 0 Å². The van der Waals surface area contributed by atoms with Crippen molar-refractivity contribution < 1.29 is 0 Å². The van der Waals surface area contributed by atoms with Crippen LogP contribution < -0.4 is 5.32 Å². The number of nitrogens with one attached hydrogen (secondary N) is 1. The van der Waals surface area contributed by atoms with Crippen LogP contribution in [0.3, 0.4) is 0 Å². The van der Waals surface area contributed by atoms with Crippen molar-refractivity contribution >= 4 is 0 Å². The molecular formula is C13H26N2. The summed E-state index contributed by atoms with van der Waals surface area (Å²) in [5.41, 5.74) is 0.532. The Hall–Kier alpha value is -0.0800. The van der Waals surface area contributed by atoms with Crippen LogP contribution in [-0.4, -0.2) is 36.6 Å². The minimum atomic E-state index is 0.532. The minimum Gasteiger partial charge on any atom is -0.314 e. The van der Waals surface area contributed by atoms with Gasteiger partial charge in [-0.3, -0.25) is 4.90 Å². The van der Waals surface area contributed by atoms with Gasteiger partial charge in [-0.25, -0.2) is 0 Å². The molecular weight excluding hydrogens is 184 g/mol. The Kier molecular flexibility index (Phi) is 3.36. The summed E-state index contributed by atoms with van der Waals surface area (Å²) >= 11 is 0. The van der Waals surface area contributed by atoms with E-state index in [9.17, 15) is 0 Å². The van der Waals surface area contributed by atoms with Crippen LogP contribution in [0.15, 0.2) is 0 Å². The quantitative estimate of drug-likeness (QED) is 0.768. The highest BCUT2D eigenvalue weighted by molar-refractivity contribution is 4.95. The first-order valence-corrected chi connectivity index (χ1v) is 6.61. The molecule has 0 aromatic rings. The zero-order chi connectivity index (χ0) is 10.9. The molecule has 2 nitrogen and oxygen atoms in total. The normalized spacial score (nSPS) is 31.6. The highest BCUT2D eigenvalue weighted by atomic mass is 15.3. The molecule has 1 atom stereocenters. The fourth-order valence-corrected chi connectivity index (χ4v) is 3.33. The molecule has 0 aromatic heterocycles. The summed E-state index contributed by atoms with van der Waals surface area (Å²) in [5.74, 6) is 0. The molecule has 0 aromatic carbocycles. The fraction of sp³-hybridized carbons (Fsp3) is 1.00. The molecule has 1 aliphatic carbocycles. The molecule has 15 heavy (non-hydrogen) atoms. The molecule has 1 aliphatic heterocycles. The van der Waals surface area contributed by atoms with E-state index in [0.717, 1.165) is 12.1 Å². The molecule has 88 valence electrons. The van der Waals surface area contributed by atoms with Gasteiger partial charge in [-0.05, 0) is 24.8 Å². The van der Waals surface area contributed by atoms with Gasteiger partial charge >= 0.3 is 0 Å². The molecule has 1 saturated carbocycles. The van der Waals surface area contributed by atoms with E-state index >= 15 is 0 Å². The van der Waals surface area contributed by atoms with Gasteiger partial charge in [-0.15, -0.1) is 0 Å². The largest absolute Gasteiger partial charge is 0.314 e. The molecule has 2 fully saturated rings. The Labute approximate surface area is 94.4 Å². The second-order valence-corrected chi connectivity index (χ2v) is 5.89. The summed E-state index contributed by atoms with van der Waals surface area (Å²) in [4.78, 5) is 2.76. The number of nitrogens with zero attached hydrogens (tertiary/aromatic N) is 1. The van der Waals surface area contributed by atoms with Gasteiger partial charge in [0, 0.05) is 25.2 Å². The van der Waals surface area contributed by atoms with Crippen LogP contribution in [0, 0.1) is 5.41 Å². The molecule has 0 spiro atoms. The highest BCUT2D eigenvalue weighted by Gasteiger charge is 2.39. The predicted octanol–water partition coefficient (Wildman–Crippen LogP) is 2.25. The zero-order valence-electron chi connectivity index (χ0n) is 10.6. The first-order chi connectivity index (χ1) is 7.15. The fourth-order valence-electron chi connectivity index (χ4n) is 3.33. The van der Waals surface area contributed by atoms with Crippen LogP contribution in [0.1, 0.15) is 46.5 Å². The SMILES string of the molecule is CCN(C1CNC1)C1CCCCC1(C)C. The molecule has 1 heterocycles. The van der Waals surface area contributed by atoms with Crippen molar-refractivity contribution in [1.82, 2.24) is 10.2 Å². The van der Waals surface area contributed by atoms with E-state index < -0.39 is 0 Å². The number of likely N-dealkylation sites (N-methyl/N-ethyl adjacent to an activating group) is 1. The van der Waals surface area contributed by atoms with Gasteiger partial charge < -0.3 is 5.32 Å². The Balaban J connectivity index is 2.04. The van der Waals surface area contributed by atoms with Crippen LogP contribution in [0.4, 0.5) is 0 Å². The van der Waals surface area contributed by atoms with Gasteiger partial charge in [0.25, 0.3) is 0 Å². The standard InChI is InChI=1S/C13H26N2/c1-4-15(11-9-14-10-11)12-7-5-6-8-13(12,2)3/h11-12,14H,4-10H2,1-3H3. The molecule has 0 radical (unpaired) electrons. The van der Waals surface area contributed by atoms with E-state index in [1.54, 1.807) is 0 Å². The second kappa shape index (κ2) is 4.42. The average Bonchev–Trinajstić information content (AvgIpc) is 2.11. The summed E-state index contributed by atoms with van der Waals surface area (Å²) in [6.45, 7) is 10.9. The number of hydrogen-bond donors (Lipinski definition) is 1. The van der Waals surface area contributed by atoms with Crippen LogP contribution in [0.25, 0.3) is 0 Å². The monoisotopic (exact) mass is 210 g/mol. The zero-order valence-corrected chi connectivity index (χ0v) is 10.6.